The van der Waals surface area contributed by atoms with Gasteiger partial charge in [-0.1, -0.05) is 6.92 Å². The van der Waals surface area contributed by atoms with Crippen LogP contribution in [0.1, 0.15) is 45.7 Å². The number of hydrogen-bond donors (Lipinski definition) is 3. The van der Waals surface area contributed by atoms with Gasteiger partial charge >= 0.3 is 0 Å². The lowest BCUT2D eigenvalue weighted by atomic mass is 10.0. The third-order valence-corrected chi connectivity index (χ3v) is 10.3. The molecule has 0 aromatic carbocycles. The van der Waals surface area contributed by atoms with E-state index in [-0.39, 0.29) is 14.5 Å². The predicted octanol–water partition coefficient (Wildman–Crippen LogP) is 0.356. The molecule has 0 spiro atoms. The molecule has 0 saturated carbocycles. The summed E-state index contributed by atoms with van der Waals surface area (Å²) in [5.74, 6) is -3.28. The summed E-state index contributed by atoms with van der Waals surface area (Å²) in [4.78, 5) is 23.8. The maximum atomic E-state index is 12.6. The molecule has 0 aliphatic carbocycles. The molecule has 1 aliphatic heterocycles. The van der Waals surface area contributed by atoms with Crippen LogP contribution in [-0.4, -0.2) is 51.5 Å². The molecule has 0 fully saturated rings. The molecular formula is C16H24N2O7S3. The number of rotatable bonds is 7. The van der Waals surface area contributed by atoms with Crippen molar-refractivity contribution >= 4 is 42.9 Å². The van der Waals surface area contributed by atoms with Crippen molar-refractivity contribution in [3.05, 3.63) is 11.6 Å². The summed E-state index contributed by atoms with van der Waals surface area (Å²) in [6.45, 7) is 6.37. The summed E-state index contributed by atoms with van der Waals surface area (Å²) >= 11 is 0.586. The number of amides is 1. The fourth-order valence-electron chi connectivity index (χ4n) is 2.93. The molecule has 0 saturated heterocycles. The van der Waals surface area contributed by atoms with Gasteiger partial charge in [-0.05, 0) is 39.8 Å². The zero-order chi connectivity index (χ0) is 21.4. The molecule has 1 aromatic rings. The molecule has 2 rings (SSSR count). The number of Topliss-reactive ketones (excluding diaryl/α,β-unsaturated/α-hetero) is 1. The number of carbonyl (C=O) groups excluding carboxylic acids is 2. The van der Waals surface area contributed by atoms with Crippen molar-refractivity contribution in [2.45, 2.75) is 59.9 Å². The fraction of sp³-hybridized carbons (Fsp3) is 0.625. The predicted molar refractivity (Wildman–Crippen MR) is 103 cm³/mol. The molecule has 4 atom stereocenters. The van der Waals surface area contributed by atoms with E-state index in [1.54, 1.807) is 11.6 Å². The van der Waals surface area contributed by atoms with E-state index in [1.165, 1.54) is 19.9 Å². The molecule has 12 heteroatoms. The zero-order valence-electron chi connectivity index (χ0n) is 15.9. The lowest BCUT2D eigenvalue weighted by Gasteiger charge is -2.27. The summed E-state index contributed by atoms with van der Waals surface area (Å²) in [5, 5.41) is 11.8. The van der Waals surface area contributed by atoms with Gasteiger partial charge in [0, 0.05) is 11.6 Å². The number of ketones is 1. The molecule has 0 unspecified atom stereocenters. The Hall–Kier alpha value is -1.34. The maximum absolute atomic E-state index is 12.6. The van der Waals surface area contributed by atoms with Crippen LogP contribution in [0.2, 0.25) is 0 Å². The molecule has 3 N–H and O–H groups in total. The van der Waals surface area contributed by atoms with Crippen molar-refractivity contribution in [3.8, 4) is 0 Å². The van der Waals surface area contributed by atoms with Crippen LogP contribution >= 0.6 is 11.3 Å². The Bertz CT molecular complexity index is 980. The summed E-state index contributed by atoms with van der Waals surface area (Å²) in [7, 11) is -8.04. The molecule has 2 heterocycles. The largest absolute Gasteiger partial charge is 0.386 e. The third-order valence-electron chi connectivity index (χ3n) is 4.62. The van der Waals surface area contributed by atoms with Gasteiger partial charge in [-0.15, -0.1) is 11.3 Å². The number of aliphatic hydroxyl groups excluding tert-OH is 1. The highest BCUT2D eigenvalue weighted by molar-refractivity contribution is 7.95. The Kier molecular flexibility index (Phi) is 6.71. The van der Waals surface area contributed by atoms with Gasteiger partial charge in [0.25, 0.3) is 10.0 Å². The van der Waals surface area contributed by atoms with Crippen molar-refractivity contribution in [3.63, 3.8) is 0 Å². The first-order valence-corrected chi connectivity index (χ1v) is 12.6. The molecule has 28 heavy (non-hydrogen) atoms. The zero-order valence-corrected chi connectivity index (χ0v) is 18.4. The second kappa shape index (κ2) is 8.19. The minimum Gasteiger partial charge on any atom is -0.386 e. The highest BCUT2D eigenvalue weighted by atomic mass is 32.3. The van der Waals surface area contributed by atoms with Gasteiger partial charge in [-0.2, -0.15) is 0 Å². The molecular weight excluding hydrogens is 428 g/mol. The topological polar surface area (TPSA) is 147 Å². The minimum absolute atomic E-state index is 0.0295. The summed E-state index contributed by atoms with van der Waals surface area (Å²) < 4.78 is 51.9. The lowest BCUT2D eigenvalue weighted by Crippen LogP contribution is -2.40. The number of thiophene rings is 1. The van der Waals surface area contributed by atoms with Crippen molar-refractivity contribution in [1.82, 2.24) is 10.0 Å². The van der Waals surface area contributed by atoms with Crippen LogP contribution < -0.4 is 10.0 Å². The van der Waals surface area contributed by atoms with Gasteiger partial charge in [0.05, 0.1) is 11.2 Å². The van der Waals surface area contributed by atoms with Crippen LogP contribution in [0.3, 0.4) is 0 Å². The van der Waals surface area contributed by atoms with Gasteiger partial charge in [0.15, 0.2) is 15.6 Å². The normalized spacial score (nSPS) is 23.5. The van der Waals surface area contributed by atoms with Crippen molar-refractivity contribution in [2.24, 2.45) is 5.92 Å². The summed E-state index contributed by atoms with van der Waals surface area (Å²) in [5.41, 5.74) is 0.367. The number of aliphatic hydroxyl groups is 1. The first kappa shape index (κ1) is 22.9. The van der Waals surface area contributed by atoms with Gasteiger partial charge in [-0.25, -0.2) is 21.6 Å². The highest BCUT2D eigenvalue weighted by Gasteiger charge is 2.40. The summed E-state index contributed by atoms with van der Waals surface area (Å²) in [6, 6.07) is 0.943. The molecule has 158 valence electrons. The SMILES string of the molecule is CCN[C@H]1C[C@H](C)S(=O)(=O)c2sc(S(=O)(=O)NC(=O)[C@H](C)C(=O)[C@H](C)O)cc21. The lowest BCUT2D eigenvalue weighted by molar-refractivity contribution is -0.136. The fourth-order valence-corrected chi connectivity index (χ4v) is 7.99. The summed E-state index contributed by atoms with van der Waals surface area (Å²) in [6.07, 6.45) is -1.10. The number of carbonyl (C=O) groups is 2. The van der Waals surface area contributed by atoms with E-state index in [2.05, 4.69) is 5.32 Å². The van der Waals surface area contributed by atoms with Crippen LogP contribution in [0, 0.1) is 5.92 Å². The number of hydrogen-bond acceptors (Lipinski definition) is 9. The third kappa shape index (κ3) is 4.30. The van der Waals surface area contributed by atoms with Gasteiger partial charge in [0.1, 0.15) is 14.5 Å². The van der Waals surface area contributed by atoms with E-state index in [0.717, 1.165) is 0 Å². The molecule has 1 aromatic heterocycles. The Labute approximate surface area is 168 Å². The quantitative estimate of drug-likeness (QED) is 0.502. The molecule has 9 nitrogen and oxygen atoms in total. The first-order chi connectivity index (χ1) is 12.8. The van der Waals surface area contributed by atoms with Gasteiger partial charge in [0.2, 0.25) is 5.91 Å². The number of nitrogens with one attached hydrogen (secondary N) is 2. The Morgan fingerprint density at radius 3 is 2.50 bits per heavy atom. The second-order valence-electron chi connectivity index (χ2n) is 6.78. The molecule has 1 amide bonds. The Balaban J connectivity index is 2.40. The maximum Gasteiger partial charge on any atom is 0.273 e. The van der Waals surface area contributed by atoms with Crippen LogP contribution in [0.5, 0.6) is 0 Å². The van der Waals surface area contributed by atoms with E-state index in [1.807, 2.05) is 6.92 Å². The minimum atomic E-state index is -4.37. The second-order valence-corrected chi connectivity index (χ2v) is 12.3. The van der Waals surface area contributed by atoms with E-state index in [4.69, 9.17) is 0 Å². The average Bonchev–Trinajstić information content (AvgIpc) is 3.06. The van der Waals surface area contributed by atoms with Crippen LogP contribution in [0.25, 0.3) is 0 Å². The highest BCUT2D eigenvalue weighted by Crippen LogP contribution is 2.42. The van der Waals surface area contributed by atoms with E-state index in [0.29, 0.717) is 29.9 Å². The Morgan fingerprint density at radius 2 is 1.96 bits per heavy atom. The monoisotopic (exact) mass is 452 g/mol. The molecule has 1 aliphatic rings. The van der Waals surface area contributed by atoms with E-state index in [9.17, 15) is 31.5 Å². The average molecular weight is 453 g/mol. The van der Waals surface area contributed by atoms with E-state index < -0.39 is 48.8 Å². The van der Waals surface area contributed by atoms with E-state index >= 15 is 0 Å². The number of sulfone groups is 1. The standard InChI is InChI=1S/C16H24N2O7S3/c1-5-17-12-6-8(2)27(22,23)16-11(12)7-13(26-16)28(24,25)18-15(21)9(3)14(20)10(4)19/h7-10,12,17,19H,5-6H2,1-4H3,(H,18,21)/t8-,9+,10-,12-/m0/s1. The van der Waals surface area contributed by atoms with Crippen molar-refractivity contribution in [2.75, 3.05) is 6.54 Å². The molecule has 0 radical (unpaired) electrons. The smallest absolute Gasteiger partial charge is 0.273 e. The van der Waals surface area contributed by atoms with Crippen LogP contribution in [-0.2, 0) is 29.4 Å². The number of fused-ring (bicyclic) bond motifs is 1. The van der Waals surface area contributed by atoms with Crippen molar-refractivity contribution < 1.29 is 31.5 Å². The first-order valence-electron chi connectivity index (χ1n) is 8.72. The van der Waals surface area contributed by atoms with Gasteiger partial charge in [-0.3, -0.25) is 9.59 Å². The van der Waals surface area contributed by atoms with Crippen molar-refractivity contribution in [1.29, 1.82) is 0 Å². The number of sulfonamides is 1. The van der Waals surface area contributed by atoms with Gasteiger partial charge < -0.3 is 10.4 Å². The Morgan fingerprint density at radius 1 is 1.36 bits per heavy atom. The van der Waals surface area contributed by atoms with Crippen LogP contribution in [0.15, 0.2) is 14.5 Å². The molecule has 0 bridgehead atoms. The van der Waals surface area contributed by atoms with Crippen LogP contribution in [0.4, 0.5) is 0 Å².